The largest absolute Gasteiger partial charge is 0.371 e. The lowest BCUT2D eigenvalue weighted by molar-refractivity contribution is -0.120. The Hall–Kier alpha value is -3.25. The number of piperidine rings is 1. The zero-order valence-corrected chi connectivity index (χ0v) is 18.8. The molecule has 2 aromatic carbocycles. The molecule has 2 heterocycles. The summed E-state index contributed by atoms with van der Waals surface area (Å²) in [5.74, 6) is -0.260. The van der Waals surface area contributed by atoms with Crippen LogP contribution in [0.5, 0.6) is 0 Å². The second-order valence-electron chi connectivity index (χ2n) is 8.57. The second kappa shape index (κ2) is 11.6. The Morgan fingerprint density at radius 3 is 2.45 bits per heavy atom. The summed E-state index contributed by atoms with van der Waals surface area (Å²) in [4.78, 5) is 18.7. The van der Waals surface area contributed by atoms with E-state index in [1.54, 1.807) is 6.07 Å². The third-order valence-electron chi connectivity index (χ3n) is 6.13. The molecule has 172 valence electrons. The Kier molecular flexibility index (Phi) is 8.04. The molecule has 33 heavy (non-hydrogen) atoms. The second-order valence-corrected chi connectivity index (χ2v) is 8.57. The number of benzene rings is 2. The summed E-state index contributed by atoms with van der Waals surface area (Å²) in [6.45, 7) is 3.43. The van der Waals surface area contributed by atoms with Crippen molar-refractivity contribution >= 4 is 11.6 Å². The lowest BCUT2D eigenvalue weighted by Crippen LogP contribution is -2.42. The van der Waals surface area contributed by atoms with Gasteiger partial charge < -0.3 is 15.5 Å². The maximum atomic E-state index is 13.2. The molecular weight excluding hydrogens is 415 g/mol. The number of hydrogen-bond acceptors (Lipinski definition) is 4. The van der Waals surface area contributed by atoms with E-state index in [1.807, 2.05) is 42.7 Å². The van der Waals surface area contributed by atoms with Gasteiger partial charge in [0, 0.05) is 50.3 Å². The fraction of sp³-hybridized carbons (Fsp3) is 0.333. The molecule has 0 aliphatic carbocycles. The van der Waals surface area contributed by atoms with Gasteiger partial charge in [0.05, 0.1) is 6.42 Å². The van der Waals surface area contributed by atoms with Crippen LogP contribution < -0.4 is 15.5 Å². The van der Waals surface area contributed by atoms with E-state index in [0.29, 0.717) is 25.4 Å². The first-order valence-corrected chi connectivity index (χ1v) is 11.6. The van der Waals surface area contributed by atoms with Gasteiger partial charge in [0.15, 0.2) is 0 Å². The van der Waals surface area contributed by atoms with E-state index in [4.69, 9.17) is 0 Å². The maximum Gasteiger partial charge on any atom is 0.224 e. The molecule has 1 fully saturated rings. The van der Waals surface area contributed by atoms with Gasteiger partial charge in [-0.3, -0.25) is 9.78 Å². The van der Waals surface area contributed by atoms with Crippen LogP contribution in [-0.4, -0.2) is 36.6 Å². The van der Waals surface area contributed by atoms with Crippen molar-refractivity contribution in [2.24, 2.45) is 0 Å². The number of nitrogens with zero attached hydrogens (tertiary/aromatic N) is 2. The molecule has 1 aromatic heterocycles. The van der Waals surface area contributed by atoms with Gasteiger partial charge in [-0.2, -0.15) is 0 Å². The van der Waals surface area contributed by atoms with Crippen molar-refractivity contribution in [1.82, 2.24) is 15.6 Å². The van der Waals surface area contributed by atoms with Gasteiger partial charge in [0.1, 0.15) is 5.82 Å². The van der Waals surface area contributed by atoms with E-state index in [-0.39, 0.29) is 11.7 Å². The van der Waals surface area contributed by atoms with Crippen molar-refractivity contribution in [1.29, 1.82) is 0 Å². The number of amides is 1. The van der Waals surface area contributed by atoms with E-state index in [0.717, 1.165) is 43.6 Å². The van der Waals surface area contributed by atoms with E-state index in [9.17, 15) is 9.18 Å². The first-order chi connectivity index (χ1) is 16.2. The molecule has 0 unspecified atom stereocenters. The predicted octanol–water partition coefficient (Wildman–Crippen LogP) is 3.88. The molecule has 6 heteroatoms. The first kappa shape index (κ1) is 22.9. The Balaban J connectivity index is 1.17. The molecular formula is C27H31FN4O. The zero-order chi connectivity index (χ0) is 22.9. The van der Waals surface area contributed by atoms with Crippen molar-refractivity contribution in [3.63, 3.8) is 0 Å². The van der Waals surface area contributed by atoms with Gasteiger partial charge >= 0.3 is 0 Å². The lowest BCUT2D eigenvalue weighted by Gasteiger charge is -2.34. The number of carbonyl (C=O) groups is 1. The minimum atomic E-state index is -0.246. The van der Waals surface area contributed by atoms with Crippen molar-refractivity contribution in [2.45, 2.75) is 38.3 Å². The Morgan fingerprint density at radius 1 is 0.970 bits per heavy atom. The van der Waals surface area contributed by atoms with E-state index < -0.39 is 0 Å². The highest BCUT2D eigenvalue weighted by molar-refractivity contribution is 5.78. The van der Waals surface area contributed by atoms with Crippen LogP contribution in [0.3, 0.4) is 0 Å². The predicted molar refractivity (Wildman–Crippen MR) is 130 cm³/mol. The molecule has 4 rings (SSSR count). The summed E-state index contributed by atoms with van der Waals surface area (Å²) >= 11 is 0. The number of halogens is 1. The number of nitrogens with one attached hydrogen (secondary N) is 2. The summed E-state index contributed by atoms with van der Waals surface area (Å²) in [5.41, 5.74) is 4.35. The lowest BCUT2D eigenvalue weighted by atomic mass is 10.0. The Bertz CT molecular complexity index is 1020. The molecule has 1 saturated heterocycles. The van der Waals surface area contributed by atoms with Gasteiger partial charge in [-0.25, -0.2) is 4.39 Å². The quantitative estimate of drug-likeness (QED) is 0.524. The minimum absolute atomic E-state index is 0.0137. The number of rotatable bonds is 9. The normalized spacial score (nSPS) is 14.3. The smallest absolute Gasteiger partial charge is 0.224 e. The van der Waals surface area contributed by atoms with Crippen molar-refractivity contribution in [3.8, 4) is 0 Å². The molecule has 0 bridgehead atoms. The molecule has 1 aliphatic rings. The fourth-order valence-corrected chi connectivity index (χ4v) is 4.22. The average molecular weight is 447 g/mol. The SMILES string of the molecule is O=C(Cc1ccc(N2CCC(NCc3ccncc3)CC2)cc1)NCCc1cccc(F)c1. The van der Waals surface area contributed by atoms with Crippen LogP contribution in [0.25, 0.3) is 0 Å². The molecule has 2 N–H and O–H groups in total. The van der Waals surface area contributed by atoms with E-state index in [2.05, 4.69) is 32.7 Å². The molecule has 0 atom stereocenters. The van der Waals surface area contributed by atoms with Crippen LogP contribution >= 0.6 is 0 Å². The summed E-state index contributed by atoms with van der Waals surface area (Å²) in [6, 6.07) is 19.4. The Labute approximate surface area is 195 Å². The highest BCUT2D eigenvalue weighted by Crippen LogP contribution is 2.21. The number of carbonyl (C=O) groups excluding carboxylic acids is 1. The summed E-state index contributed by atoms with van der Waals surface area (Å²) in [6.07, 6.45) is 6.86. The number of anilines is 1. The van der Waals surface area contributed by atoms with Gasteiger partial charge in [-0.1, -0.05) is 24.3 Å². The third kappa shape index (κ3) is 7.12. The number of aromatic nitrogens is 1. The van der Waals surface area contributed by atoms with E-state index >= 15 is 0 Å². The van der Waals surface area contributed by atoms with Crippen molar-refractivity contribution < 1.29 is 9.18 Å². The van der Waals surface area contributed by atoms with Gasteiger partial charge in [0.25, 0.3) is 0 Å². The highest BCUT2D eigenvalue weighted by Gasteiger charge is 2.19. The number of pyridine rings is 1. The van der Waals surface area contributed by atoms with Crippen LogP contribution in [-0.2, 0) is 24.2 Å². The molecule has 1 aliphatic heterocycles. The molecule has 0 spiro atoms. The molecule has 5 nitrogen and oxygen atoms in total. The topological polar surface area (TPSA) is 57.3 Å². The summed E-state index contributed by atoms with van der Waals surface area (Å²) < 4.78 is 13.2. The molecule has 0 saturated carbocycles. The van der Waals surface area contributed by atoms with E-state index in [1.165, 1.54) is 23.4 Å². The third-order valence-corrected chi connectivity index (χ3v) is 6.13. The van der Waals surface area contributed by atoms with Crippen LogP contribution in [0.4, 0.5) is 10.1 Å². The van der Waals surface area contributed by atoms with Crippen LogP contribution in [0.2, 0.25) is 0 Å². The van der Waals surface area contributed by atoms with Crippen molar-refractivity contribution in [3.05, 3.63) is 95.6 Å². The van der Waals surface area contributed by atoms with Crippen molar-refractivity contribution in [2.75, 3.05) is 24.5 Å². The Morgan fingerprint density at radius 2 is 1.73 bits per heavy atom. The molecule has 0 radical (unpaired) electrons. The van der Waals surface area contributed by atoms with Gasteiger partial charge in [-0.05, 0) is 72.4 Å². The monoisotopic (exact) mass is 446 g/mol. The van der Waals surface area contributed by atoms with Gasteiger partial charge in [-0.15, -0.1) is 0 Å². The maximum absolute atomic E-state index is 13.2. The molecule has 1 amide bonds. The molecule has 3 aromatic rings. The highest BCUT2D eigenvalue weighted by atomic mass is 19.1. The number of hydrogen-bond donors (Lipinski definition) is 2. The summed E-state index contributed by atoms with van der Waals surface area (Å²) in [7, 11) is 0. The zero-order valence-electron chi connectivity index (χ0n) is 18.8. The van der Waals surface area contributed by atoms with Crippen LogP contribution in [0.1, 0.15) is 29.5 Å². The van der Waals surface area contributed by atoms with Crippen LogP contribution in [0.15, 0.2) is 73.1 Å². The fourth-order valence-electron chi connectivity index (χ4n) is 4.22. The van der Waals surface area contributed by atoms with Gasteiger partial charge in [0.2, 0.25) is 5.91 Å². The minimum Gasteiger partial charge on any atom is -0.371 e. The first-order valence-electron chi connectivity index (χ1n) is 11.6. The average Bonchev–Trinajstić information content (AvgIpc) is 2.84. The van der Waals surface area contributed by atoms with Crippen LogP contribution in [0, 0.1) is 5.82 Å². The summed E-state index contributed by atoms with van der Waals surface area (Å²) in [5, 5.41) is 6.58. The standard InChI is InChI=1S/C27H31FN4O/c28-24-3-1-2-21(18-24)10-15-30-27(33)19-22-4-6-26(7-5-22)32-16-11-25(12-17-32)31-20-23-8-13-29-14-9-23/h1-9,13-14,18,25,31H,10-12,15-17,19-20H2,(H,30,33).